The molecule has 2 aromatic rings. The van der Waals surface area contributed by atoms with Crippen LogP contribution < -0.4 is 14.2 Å². The summed E-state index contributed by atoms with van der Waals surface area (Å²) in [6, 6.07) is 7.94. The molecule has 1 atom stereocenters. The van der Waals surface area contributed by atoms with Crippen LogP contribution in [0.5, 0.6) is 11.6 Å². The van der Waals surface area contributed by atoms with Gasteiger partial charge in [0.1, 0.15) is 5.75 Å². The van der Waals surface area contributed by atoms with E-state index < -0.39 is 22.0 Å². The van der Waals surface area contributed by atoms with Gasteiger partial charge >= 0.3 is 0 Å². The van der Waals surface area contributed by atoms with Crippen LogP contribution in [0.15, 0.2) is 41.4 Å². The van der Waals surface area contributed by atoms with Gasteiger partial charge in [-0.15, -0.1) is 0 Å². The average molecular weight is 364 g/mol. The molecule has 7 nitrogen and oxygen atoms in total. The van der Waals surface area contributed by atoms with Crippen molar-refractivity contribution in [2.24, 2.45) is 0 Å². The number of benzene rings is 1. The third-order valence-corrected chi connectivity index (χ3v) is 5.23. The van der Waals surface area contributed by atoms with Crippen LogP contribution >= 0.6 is 0 Å². The van der Waals surface area contributed by atoms with Crippen LogP contribution in [0.1, 0.15) is 18.1 Å². The van der Waals surface area contributed by atoms with E-state index in [-0.39, 0.29) is 10.8 Å². The summed E-state index contributed by atoms with van der Waals surface area (Å²) in [6.45, 7) is 4.86. The topological polar surface area (TPSA) is 94.6 Å². The molecule has 0 aliphatic rings. The smallest absolute Gasteiger partial charge is 0.274 e. The second-order valence-electron chi connectivity index (χ2n) is 5.41. The van der Waals surface area contributed by atoms with Crippen molar-refractivity contribution in [3.63, 3.8) is 0 Å². The third-order valence-electron chi connectivity index (χ3n) is 3.74. The van der Waals surface area contributed by atoms with Gasteiger partial charge in [-0.05, 0) is 50.1 Å². The number of aromatic nitrogens is 1. The largest absolute Gasteiger partial charge is 0.496 e. The van der Waals surface area contributed by atoms with Crippen molar-refractivity contribution in [1.29, 1.82) is 0 Å². The minimum atomic E-state index is -4.03. The van der Waals surface area contributed by atoms with E-state index in [9.17, 15) is 13.2 Å². The lowest BCUT2D eigenvalue weighted by Gasteiger charge is -2.16. The highest BCUT2D eigenvalue weighted by molar-refractivity contribution is 7.90. The predicted molar refractivity (Wildman–Crippen MR) is 92.1 cm³/mol. The molecule has 25 heavy (non-hydrogen) atoms. The zero-order valence-electron chi connectivity index (χ0n) is 14.4. The standard InChI is InChI=1S/C17H20N2O5S/c1-11-12(2)15(9-8-14(11)23-4)25(21,22)19-17(20)13(3)24-16-7-5-6-10-18-16/h5-10,13H,1-4H3,(H,19,20). The number of ether oxygens (including phenoxy) is 2. The number of rotatable bonds is 6. The highest BCUT2D eigenvalue weighted by atomic mass is 32.2. The number of methoxy groups -OCH3 is 1. The molecule has 0 radical (unpaired) electrons. The highest BCUT2D eigenvalue weighted by Crippen LogP contribution is 2.26. The number of carbonyl (C=O) groups is 1. The fraction of sp³-hybridized carbons (Fsp3) is 0.294. The Morgan fingerprint density at radius 3 is 2.48 bits per heavy atom. The number of sulfonamides is 1. The number of carbonyl (C=O) groups excluding carboxylic acids is 1. The molecule has 1 heterocycles. The first kappa shape index (κ1) is 18.7. The second kappa shape index (κ2) is 7.52. The molecular weight excluding hydrogens is 344 g/mol. The van der Waals surface area contributed by atoms with Crippen molar-refractivity contribution in [1.82, 2.24) is 9.71 Å². The van der Waals surface area contributed by atoms with E-state index in [1.165, 1.54) is 26.3 Å². The molecule has 1 N–H and O–H groups in total. The maximum atomic E-state index is 12.5. The molecule has 1 amide bonds. The molecule has 0 spiro atoms. The molecule has 8 heteroatoms. The van der Waals surface area contributed by atoms with Crippen LogP contribution in [0.2, 0.25) is 0 Å². The van der Waals surface area contributed by atoms with Gasteiger partial charge in [-0.25, -0.2) is 18.1 Å². The summed E-state index contributed by atoms with van der Waals surface area (Å²) in [6.07, 6.45) is 0.490. The molecule has 1 unspecified atom stereocenters. The molecule has 0 saturated carbocycles. The van der Waals surface area contributed by atoms with Crippen molar-refractivity contribution in [2.75, 3.05) is 7.11 Å². The van der Waals surface area contributed by atoms with Crippen LogP contribution in [0, 0.1) is 13.8 Å². The monoisotopic (exact) mass is 364 g/mol. The summed E-state index contributed by atoms with van der Waals surface area (Å²) >= 11 is 0. The van der Waals surface area contributed by atoms with Gasteiger partial charge in [0, 0.05) is 12.3 Å². The molecule has 0 bridgehead atoms. The minimum Gasteiger partial charge on any atom is -0.496 e. The summed E-state index contributed by atoms with van der Waals surface area (Å²) in [7, 11) is -2.52. The molecule has 134 valence electrons. The van der Waals surface area contributed by atoms with E-state index in [2.05, 4.69) is 4.98 Å². The zero-order valence-corrected chi connectivity index (χ0v) is 15.3. The van der Waals surface area contributed by atoms with Crippen LogP contribution in [-0.4, -0.2) is 32.5 Å². The number of nitrogens with zero attached hydrogens (tertiary/aromatic N) is 1. The summed E-state index contributed by atoms with van der Waals surface area (Å²) in [4.78, 5) is 16.1. The van der Waals surface area contributed by atoms with Crippen LogP contribution in [-0.2, 0) is 14.8 Å². The van der Waals surface area contributed by atoms with Gasteiger partial charge in [0.2, 0.25) is 5.88 Å². The SMILES string of the molecule is COc1ccc(S(=O)(=O)NC(=O)C(C)Oc2ccccn2)c(C)c1C. The van der Waals surface area contributed by atoms with E-state index in [0.717, 1.165) is 0 Å². The number of pyridine rings is 1. The molecule has 0 aliphatic heterocycles. The second-order valence-corrected chi connectivity index (χ2v) is 7.06. The van der Waals surface area contributed by atoms with Crippen LogP contribution in [0.25, 0.3) is 0 Å². The Labute approximate surface area is 147 Å². The van der Waals surface area contributed by atoms with Crippen molar-refractivity contribution in [2.45, 2.75) is 31.8 Å². The molecule has 0 aliphatic carbocycles. The Balaban J connectivity index is 2.18. The first-order chi connectivity index (χ1) is 11.8. The predicted octanol–water partition coefficient (Wildman–Crippen LogP) is 1.98. The average Bonchev–Trinajstić information content (AvgIpc) is 2.57. The molecule has 2 rings (SSSR count). The highest BCUT2D eigenvalue weighted by Gasteiger charge is 2.25. The van der Waals surface area contributed by atoms with Crippen molar-refractivity contribution >= 4 is 15.9 Å². The van der Waals surface area contributed by atoms with Gasteiger partial charge in [-0.3, -0.25) is 4.79 Å². The van der Waals surface area contributed by atoms with Gasteiger partial charge in [-0.2, -0.15) is 0 Å². The maximum Gasteiger partial charge on any atom is 0.274 e. The Bertz CT molecular complexity index is 866. The Morgan fingerprint density at radius 1 is 1.16 bits per heavy atom. The minimum absolute atomic E-state index is 0.0178. The van der Waals surface area contributed by atoms with Crippen LogP contribution in [0.3, 0.4) is 0 Å². The first-order valence-corrected chi connectivity index (χ1v) is 9.03. The van der Waals surface area contributed by atoms with Crippen molar-refractivity contribution in [3.8, 4) is 11.6 Å². The van der Waals surface area contributed by atoms with Gasteiger partial charge in [0.05, 0.1) is 12.0 Å². The Hall–Kier alpha value is -2.61. The lowest BCUT2D eigenvalue weighted by atomic mass is 10.1. The number of amides is 1. The third kappa shape index (κ3) is 4.27. The van der Waals surface area contributed by atoms with Gasteiger partial charge in [-0.1, -0.05) is 6.07 Å². The Kier molecular flexibility index (Phi) is 5.63. The van der Waals surface area contributed by atoms with E-state index in [1.807, 2.05) is 4.72 Å². The van der Waals surface area contributed by atoms with E-state index >= 15 is 0 Å². The molecule has 1 aromatic carbocycles. The molecular formula is C17H20N2O5S. The molecule has 0 saturated heterocycles. The fourth-order valence-electron chi connectivity index (χ4n) is 2.21. The van der Waals surface area contributed by atoms with E-state index in [1.54, 1.807) is 38.1 Å². The number of nitrogens with one attached hydrogen (secondary N) is 1. The molecule has 1 aromatic heterocycles. The first-order valence-electron chi connectivity index (χ1n) is 7.55. The number of hydrogen-bond acceptors (Lipinski definition) is 6. The lowest BCUT2D eigenvalue weighted by Crippen LogP contribution is -2.40. The maximum absolute atomic E-state index is 12.5. The van der Waals surface area contributed by atoms with Crippen molar-refractivity contribution < 1.29 is 22.7 Å². The quantitative estimate of drug-likeness (QED) is 0.842. The summed E-state index contributed by atoms with van der Waals surface area (Å²) in [5.74, 6) is 0.0344. The normalized spacial score (nSPS) is 12.3. The van der Waals surface area contributed by atoms with Gasteiger partial charge < -0.3 is 9.47 Å². The number of hydrogen-bond donors (Lipinski definition) is 1. The van der Waals surface area contributed by atoms with Gasteiger partial charge in [0.15, 0.2) is 6.10 Å². The van der Waals surface area contributed by atoms with Crippen molar-refractivity contribution in [3.05, 3.63) is 47.7 Å². The van der Waals surface area contributed by atoms with Crippen LogP contribution in [0.4, 0.5) is 0 Å². The fourth-order valence-corrected chi connectivity index (χ4v) is 3.55. The van der Waals surface area contributed by atoms with E-state index in [0.29, 0.717) is 16.9 Å². The van der Waals surface area contributed by atoms with E-state index in [4.69, 9.17) is 9.47 Å². The molecule has 0 fully saturated rings. The Morgan fingerprint density at radius 2 is 1.88 bits per heavy atom. The summed E-state index contributed by atoms with van der Waals surface area (Å²) in [5.41, 5.74) is 1.20. The zero-order chi connectivity index (χ0) is 18.6. The van der Waals surface area contributed by atoms with Gasteiger partial charge in [0.25, 0.3) is 15.9 Å². The summed E-state index contributed by atoms with van der Waals surface area (Å²) in [5, 5.41) is 0. The lowest BCUT2D eigenvalue weighted by molar-refractivity contribution is -0.125. The summed E-state index contributed by atoms with van der Waals surface area (Å²) < 4.78 is 37.6.